The second kappa shape index (κ2) is 8.25. The van der Waals surface area contributed by atoms with E-state index in [1.165, 1.54) is 0 Å². The molecular formula is C23H31BrN2O4. The van der Waals surface area contributed by atoms with Crippen molar-refractivity contribution in [2.24, 2.45) is 0 Å². The van der Waals surface area contributed by atoms with Crippen LogP contribution in [0.2, 0.25) is 0 Å². The number of hydrogen-bond acceptors (Lipinski definition) is 4. The smallest absolute Gasteiger partial charge is 0.419 e. The normalized spacial score (nSPS) is 16.0. The van der Waals surface area contributed by atoms with Gasteiger partial charge >= 0.3 is 12.2 Å². The molecular weight excluding hydrogens is 448 g/mol. The molecule has 1 aromatic heterocycles. The SMILES string of the molecule is CC(C)(C)OC(=O)N1CCC(c2cc3ccc(Br)cc3n2C(=O)OC(C)(C)C)CC1. The molecule has 1 aromatic carbocycles. The van der Waals surface area contributed by atoms with Crippen LogP contribution >= 0.6 is 15.9 Å². The minimum Gasteiger partial charge on any atom is -0.444 e. The van der Waals surface area contributed by atoms with Crippen molar-refractivity contribution in [3.63, 3.8) is 0 Å². The van der Waals surface area contributed by atoms with Gasteiger partial charge < -0.3 is 14.4 Å². The number of halogens is 1. The second-order valence-electron chi connectivity index (χ2n) is 9.83. The molecule has 0 bridgehead atoms. The molecule has 1 aliphatic rings. The standard InChI is InChI=1S/C23H31BrN2O4/c1-22(2,3)29-20(27)25-11-9-15(10-12-25)18-13-16-7-8-17(24)14-19(16)26(18)21(28)30-23(4,5)6/h7-8,13-15H,9-12H2,1-6H3. The summed E-state index contributed by atoms with van der Waals surface area (Å²) in [6.07, 6.45) is 0.872. The Bertz CT molecular complexity index is 944. The molecule has 7 heteroatoms. The average Bonchev–Trinajstić information content (AvgIpc) is 2.97. The van der Waals surface area contributed by atoms with Gasteiger partial charge in [0.1, 0.15) is 11.2 Å². The molecule has 1 aliphatic heterocycles. The summed E-state index contributed by atoms with van der Waals surface area (Å²) in [7, 11) is 0. The number of carbonyl (C=O) groups is 2. The van der Waals surface area contributed by atoms with Gasteiger partial charge in [-0.15, -0.1) is 0 Å². The zero-order valence-corrected chi connectivity index (χ0v) is 20.2. The summed E-state index contributed by atoms with van der Waals surface area (Å²) >= 11 is 3.51. The molecule has 30 heavy (non-hydrogen) atoms. The number of amides is 1. The van der Waals surface area contributed by atoms with Crippen molar-refractivity contribution in [2.45, 2.75) is 71.5 Å². The summed E-state index contributed by atoms with van der Waals surface area (Å²) in [4.78, 5) is 27.2. The van der Waals surface area contributed by atoms with Gasteiger partial charge in [-0.2, -0.15) is 0 Å². The van der Waals surface area contributed by atoms with Crippen LogP contribution in [0.25, 0.3) is 10.9 Å². The zero-order valence-electron chi connectivity index (χ0n) is 18.6. The van der Waals surface area contributed by atoms with Gasteiger partial charge in [-0.3, -0.25) is 0 Å². The molecule has 1 fully saturated rings. The van der Waals surface area contributed by atoms with Crippen molar-refractivity contribution in [1.29, 1.82) is 0 Å². The Hall–Kier alpha value is -2.02. The Balaban J connectivity index is 1.87. The number of nitrogens with zero attached hydrogens (tertiary/aromatic N) is 2. The molecule has 1 saturated heterocycles. The number of likely N-dealkylation sites (tertiary alicyclic amines) is 1. The lowest BCUT2D eigenvalue weighted by Crippen LogP contribution is -2.41. The van der Waals surface area contributed by atoms with E-state index in [0.29, 0.717) is 13.1 Å². The summed E-state index contributed by atoms with van der Waals surface area (Å²) in [5.74, 6) is 0.155. The molecule has 0 unspecified atom stereocenters. The van der Waals surface area contributed by atoms with Gasteiger partial charge in [0, 0.05) is 34.6 Å². The Morgan fingerprint density at radius 1 is 0.933 bits per heavy atom. The van der Waals surface area contributed by atoms with Gasteiger partial charge in [0.25, 0.3) is 0 Å². The van der Waals surface area contributed by atoms with Crippen LogP contribution in [0.15, 0.2) is 28.7 Å². The topological polar surface area (TPSA) is 60.8 Å². The van der Waals surface area contributed by atoms with Crippen LogP contribution in [0.3, 0.4) is 0 Å². The number of carbonyl (C=O) groups excluding carboxylic acids is 2. The first-order valence-electron chi connectivity index (χ1n) is 10.4. The summed E-state index contributed by atoms with van der Waals surface area (Å²) in [6.45, 7) is 12.4. The van der Waals surface area contributed by atoms with E-state index < -0.39 is 11.2 Å². The Morgan fingerprint density at radius 2 is 1.50 bits per heavy atom. The number of piperidine rings is 1. The van der Waals surface area contributed by atoms with E-state index in [9.17, 15) is 9.59 Å². The maximum absolute atomic E-state index is 13.1. The summed E-state index contributed by atoms with van der Waals surface area (Å²) in [5, 5.41) is 0.994. The molecule has 0 spiro atoms. The van der Waals surface area contributed by atoms with Gasteiger partial charge in [-0.05, 0) is 72.6 Å². The van der Waals surface area contributed by atoms with Crippen molar-refractivity contribution in [1.82, 2.24) is 9.47 Å². The molecule has 2 heterocycles. The van der Waals surface area contributed by atoms with Crippen LogP contribution in [0.4, 0.5) is 9.59 Å². The van der Waals surface area contributed by atoms with Crippen LogP contribution in [0.5, 0.6) is 0 Å². The van der Waals surface area contributed by atoms with Crippen LogP contribution in [0.1, 0.15) is 66.0 Å². The first-order chi connectivity index (χ1) is 13.8. The molecule has 164 valence electrons. The van der Waals surface area contributed by atoms with Crippen LogP contribution in [0, 0.1) is 0 Å². The number of fused-ring (bicyclic) bond motifs is 1. The highest BCUT2D eigenvalue weighted by Gasteiger charge is 2.31. The first-order valence-corrected chi connectivity index (χ1v) is 11.2. The fraction of sp³-hybridized carbons (Fsp3) is 0.565. The number of benzene rings is 1. The van der Waals surface area contributed by atoms with Crippen molar-refractivity contribution in [3.8, 4) is 0 Å². The highest BCUT2D eigenvalue weighted by molar-refractivity contribution is 9.10. The highest BCUT2D eigenvalue weighted by atomic mass is 79.9. The predicted octanol–water partition coefficient (Wildman–Crippen LogP) is 6.30. The van der Waals surface area contributed by atoms with E-state index in [-0.39, 0.29) is 18.1 Å². The number of ether oxygens (including phenoxy) is 2. The van der Waals surface area contributed by atoms with Gasteiger partial charge in [0.2, 0.25) is 0 Å². The van der Waals surface area contributed by atoms with E-state index in [4.69, 9.17) is 9.47 Å². The largest absolute Gasteiger partial charge is 0.444 e. The fourth-order valence-corrected chi connectivity index (χ4v) is 4.04. The molecule has 0 atom stereocenters. The summed E-state index contributed by atoms with van der Waals surface area (Å²) in [6, 6.07) is 7.98. The molecule has 0 aliphatic carbocycles. The molecule has 1 amide bonds. The maximum atomic E-state index is 13.1. The number of rotatable bonds is 1. The van der Waals surface area contributed by atoms with Crippen LogP contribution < -0.4 is 0 Å². The molecule has 3 rings (SSSR count). The van der Waals surface area contributed by atoms with Gasteiger partial charge in [0.15, 0.2) is 0 Å². The van der Waals surface area contributed by atoms with Crippen molar-refractivity contribution < 1.29 is 19.1 Å². The van der Waals surface area contributed by atoms with E-state index in [1.54, 1.807) is 9.47 Å². The first kappa shape index (κ1) is 22.7. The molecule has 0 radical (unpaired) electrons. The van der Waals surface area contributed by atoms with Crippen molar-refractivity contribution in [2.75, 3.05) is 13.1 Å². The lowest BCUT2D eigenvalue weighted by atomic mass is 9.93. The minimum absolute atomic E-state index is 0.155. The molecule has 6 nitrogen and oxygen atoms in total. The Morgan fingerprint density at radius 3 is 2.07 bits per heavy atom. The van der Waals surface area contributed by atoms with E-state index in [2.05, 4.69) is 22.0 Å². The summed E-state index contributed by atoms with van der Waals surface area (Å²) < 4.78 is 13.8. The quantitative estimate of drug-likeness (QED) is 0.482. The zero-order chi connectivity index (χ0) is 22.3. The van der Waals surface area contributed by atoms with Crippen molar-refractivity contribution in [3.05, 3.63) is 34.4 Å². The van der Waals surface area contributed by atoms with Crippen molar-refractivity contribution >= 4 is 39.0 Å². The third kappa shape index (κ3) is 5.36. The summed E-state index contributed by atoms with van der Waals surface area (Å²) in [5.41, 5.74) is 0.658. The lowest BCUT2D eigenvalue weighted by Gasteiger charge is -2.33. The number of hydrogen-bond donors (Lipinski definition) is 0. The Labute approximate surface area is 186 Å². The maximum Gasteiger partial charge on any atom is 0.419 e. The van der Waals surface area contributed by atoms with Gasteiger partial charge in [0.05, 0.1) is 5.52 Å². The average molecular weight is 479 g/mol. The lowest BCUT2D eigenvalue weighted by molar-refractivity contribution is 0.0200. The second-order valence-corrected chi connectivity index (χ2v) is 10.7. The van der Waals surface area contributed by atoms with Crippen LogP contribution in [-0.2, 0) is 9.47 Å². The fourth-order valence-electron chi connectivity index (χ4n) is 3.69. The monoisotopic (exact) mass is 478 g/mol. The van der Waals surface area contributed by atoms with E-state index in [0.717, 1.165) is 33.9 Å². The molecule has 0 saturated carbocycles. The van der Waals surface area contributed by atoms with Gasteiger partial charge in [-0.1, -0.05) is 22.0 Å². The van der Waals surface area contributed by atoms with E-state index in [1.807, 2.05) is 59.7 Å². The minimum atomic E-state index is -0.586. The highest BCUT2D eigenvalue weighted by Crippen LogP contribution is 2.34. The van der Waals surface area contributed by atoms with E-state index >= 15 is 0 Å². The predicted molar refractivity (Wildman–Crippen MR) is 121 cm³/mol. The van der Waals surface area contributed by atoms with Gasteiger partial charge in [-0.25, -0.2) is 14.2 Å². The Kier molecular flexibility index (Phi) is 6.23. The molecule has 2 aromatic rings. The third-order valence-corrected chi connectivity index (χ3v) is 5.43. The third-order valence-electron chi connectivity index (χ3n) is 4.94. The number of aromatic nitrogens is 1. The van der Waals surface area contributed by atoms with Crippen LogP contribution in [-0.4, -0.2) is 45.9 Å². The molecule has 0 N–H and O–H groups in total.